The standard InChI is InChI=1S/C18H47N2PSi5/c1-22(2,3)17-16-18(23(4,5)6)21(17,19-24(7,8)9)20(25(10,11)12)26(13,14)15/h16-17H,1-15H3. The molecule has 0 saturated heterocycles. The Morgan fingerprint density at radius 2 is 1.12 bits per heavy atom. The Kier molecular flexibility index (Phi) is 6.80. The van der Waals surface area contributed by atoms with Crippen molar-refractivity contribution in [1.29, 1.82) is 0 Å². The number of nitrogens with zero attached hydrogens (tertiary/aromatic N) is 2. The maximum Gasteiger partial charge on any atom is 0.172 e. The van der Waals surface area contributed by atoms with Gasteiger partial charge in [-0.1, -0.05) is 104 Å². The third-order valence-electron chi connectivity index (χ3n) is 4.74. The average molecular weight is 463 g/mol. The molecule has 1 aliphatic rings. The lowest BCUT2D eigenvalue weighted by molar-refractivity contribution is 0.939. The van der Waals surface area contributed by atoms with Crippen LogP contribution < -0.4 is 0 Å². The van der Waals surface area contributed by atoms with Gasteiger partial charge in [-0.25, -0.2) is 0 Å². The van der Waals surface area contributed by atoms with Crippen molar-refractivity contribution in [2.75, 3.05) is 0 Å². The van der Waals surface area contributed by atoms with Gasteiger partial charge in [0.2, 0.25) is 0 Å². The van der Waals surface area contributed by atoms with Gasteiger partial charge < -0.3 is 8.41 Å². The summed E-state index contributed by atoms with van der Waals surface area (Å²) in [5.74, 6) is 0. The van der Waals surface area contributed by atoms with E-state index in [1.54, 1.807) is 0 Å². The predicted octanol–water partition coefficient (Wildman–Crippen LogP) is 7.93. The fourth-order valence-corrected chi connectivity index (χ4v) is 42.7. The smallest absolute Gasteiger partial charge is 0.172 e. The van der Waals surface area contributed by atoms with Crippen LogP contribution in [-0.2, 0) is 0 Å². The van der Waals surface area contributed by atoms with Crippen LogP contribution >= 0.6 is 7.21 Å². The molecule has 0 N–H and O–H groups in total. The Hall–Kier alpha value is 1.01. The molecule has 0 amide bonds. The summed E-state index contributed by atoms with van der Waals surface area (Å²) in [6.07, 6.45) is 2.77. The molecule has 2 unspecified atom stereocenters. The van der Waals surface area contributed by atoms with Gasteiger partial charge in [0.1, 0.15) is 16.5 Å². The lowest BCUT2D eigenvalue weighted by atomic mass is 10.7. The van der Waals surface area contributed by atoms with E-state index in [1.165, 1.54) is 0 Å². The Morgan fingerprint density at radius 1 is 0.731 bits per heavy atom. The summed E-state index contributed by atoms with van der Waals surface area (Å²) in [4.78, 5) is 1.87. The second-order valence-electron chi connectivity index (χ2n) is 13.2. The van der Waals surface area contributed by atoms with E-state index in [1.807, 2.05) is 4.94 Å². The molecule has 26 heavy (non-hydrogen) atoms. The Labute approximate surface area is 170 Å². The summed E-state index contributed by atoms with van der Waals surface area (Å²) >= 11 is 0. The molecule has 0 aromatic heterocycles. The average Bonchev–Trinajstić information content (AvgIpc) is 2.15. The molecule has 8 heteroatoms. The number of hydrogen-bond acceptors (Lipinski definition) is 1. The molecule has 0 radical (unpaired) electrons. The highest BCUT2D eigenvalue weighted by atomic mass is 31.2. The molecule has 0 aromatic rings. The molecule has 0 aromatic carbocycles. The third-order valence-corrected chi connectivity index (χ3v) is 32.8. The first-order valence-electron chi connectivity index (χ1n) is 10.2. The van der Waals surface area contributed by atoms with Crippen LogP contribution in [0.4, 0.5) is 0 Å². The highest BCUT2D eigenvalue weighted by Crippen LogP contribution is 2.77. The molecular formula is C18H47N2PSi5. The van der Waals surface area contributed by atoms with Gasteiger partial charge in [-0.3, -0.25) is 0 Å². The van der Waals surface area contributed by atoms with Crippen LogP contribution in [0, 0.1) is 0 Å². The van der Waals surface area contributed by atoms with Crippen LogP contribution in [0.25, 0.3) is 0 Å². The quantitative estimate of drug-likeness (QED) is 0.289. The van der Waals surface area contributed by atoms with Gasteiger partial charge in [0.25, 0.3) is 0 Å². The first-order valence-corrected chi connectivity index (χ1v) is 29.4. The van der Waals surface area contributed by atoms with Crippen LogP contribution in [-0.4, -0.2) is 50.1 Å². The summed E-state index contributed by atoms with van der Waals surface area (Å²) in [7, 11) is -8.82. The van der Waals surface area contributed by atoms with Gasteiger partial charge in [-0.05, 0) is 4.94 Å². The van der Waals surface area contributed by atoms with Crippen molar-refractivity contribution in [3.8, 4) is 0 Å². The van der Waals surface area contributed by atoms with Gasteiger partial charge in [-0.15, -0.1) is 0 Å². The number of allylic oxidation sites excluding steroid dienone is 1. The monoisotopic (exact) mass is 462 g/mol. The van der Waals surface area contributed by atoms with E-state index in [9.17, 15) is 0 Å². The zero-order valence-corrected chi connectivity index (χ0v) is 26.4. The molecule has 2 nitrogen and oxygen atoms in total. The summed E-state index contributed by atoms with van der Waals surface area (Å²) in [5.41, 5.74) is 0. The zero-order chi connectivity index (χ0) is 21.1. The maximum absolute atomic E-state index is 6.02. The van der Waals surface area contributed by atoms with Crippen LogP contribution in [0.3, 0.4) is 0 Å². The second-order valence-corrected chi connectivity index (χ2v) is 43.1. The van der Waals surface area contributed by atoms with Crippen molar-refractivity contribution in [1.82, 2.24) is 4.00 Å². The molecule has 0 spiro atoms. The molecule has 0 bridgehead atoms. The number of rotatable bonds is 6. The molecule has 1 heterocycles. The molecule has 0 aliphatic carbocycles. The van der Waals surface area contributed by atoms with Crippen molar-refractivity contribution in [3.63, 3.8) is 0 Å². The maximum atomic E-state index is 6.02. The highest BCUT2D eigenvalue weighted by molar-refractivity contribution is 7.80. The molecule has 1 aliphatic heterocycles. The van der Waals surface area contributed by atoms with Crippen LogP contribution in [0.2, 0.25) is 98.2 Å². The topological polar surface area (TPSA) is 15.6 Å². The van der Waals surface area contributed by atoms with E-state index < -0.39 is 48.1 Å². The van der Waals surface area contributed by atoms with Crippen molar-refractivity contribution in [2.24, 2.45) is 4.41 Å². The van der Waals surface area contributed by atoms with Gasteiger partial charge in [0, 0.05) is 12.5 Å². The van der Waals surface area contributed by atoms with E-state index in [-0.39, 0.29) is 0 Å². The van der Waals surface area contributed by atoms with Gasteiger partial charge in [0.15, 0.2) is 8.24 Å². The summed E-state index contributed by atoms with van der Waals surface area (Å²) < 4.78 is 9.22. The van der Waals surface area contributed by atoms with Crippen molar-refractivity contribution >= 4 is 48.1 Å². The Morgan fingerprint density at radius 3 is 1.35 bits per heavy atom. The minimum atomic E-state index is -1.58. The van der Waals surface area contributed by atoms with Crippen molar-refractivity contribution in [3.05, 3.63) is 11.0 Å². The van der Waals surface area contributed by atoms with E-state index >= 15 is 0 Å². The van der Waals surface area contributed by atoms with Crippen LogP contribution in [0.5, 0.6) is 0 Å². The fraction of sp³-hybridized carbons (Fsp3) is 0.889. The van der Waals surface area contributed by atoms with Gasteiger partial charge >= 0.3 is 0 Å². The minimum absolute atomic E-state index is 0.780. The molecule has 154 valence electrons. The predicted molar refractivity (Wildman–Crippen MR) is 140 cm³/mol. The Bertz CT molecular complexity index is 608. The molecule has 0 saturated carbocycles. The Balaban J connectivity index is 4.06. The normalized spacial score (nSPS) is 25.8. The third kappa shape index (κ3) is 5.13. The van der Waals surface area contributed by atoms with Crippen molar-refractivity contribution in [2.45, 2.75) is 103 Å². The van der Waals surface area contributed by atoms with E-state index in [0.717, 1.165) is 5.28 Å². The lowest BCUT2D eigenvalue weighted by Crippen LogP contribution is -2.63. The van der Waals surface area contributed by atoms with E-state index in [4.69, 9.17) is 4.41 Å². The first-order chi connectivity index (χ1) is 11.0. The molecule has 2 atom stereocenters. The zero-order valence-electron chi connectivity index (χ0n) is 20.5. The summed E-state index contributed by atoms with van der Waals surface area (Å²) in [6, 6.07) is 0. The van der Waals surface area contributed by atoms with Gasteiger partial charge in [0.05, 0.1) is 16.1 Å². The van der Waals surface area contributed by atoms with E-state index in [0.29, 0.717) is 0 Å². The van der Waals surface area contributed by atoms with Crippen LogP contribution in [0.1, 0.15) is 0 Å². The second kappa shape index (κ2) is 7.06. The largest absolute Gasteiger partial charge is 0.322 e. The molecule has 0 fully saturated rings. The molecule has 1 rings (SSSR count). The fourth-order valence-electron chi connectivity index (χ4n) is 4.74. The first kappa shape index (κ1) is 25.1. The van der Waals surface area contributed by atoms with Crippen LogP contribution in [0.15, 0.2) is 15.4 Å². The van der Waals surface area contributed by atoms with Crippen molar-refractivity contribution < 1.29 is 0 Å². The van der Waals surface area contributed by atoms with E-state index in [2.05, 4.69) is 108 Å². The minimum Gasteiger partial charge on any atom is -0.322 e. The number of hydrogen-bond donors (Lipinski definition) is 0. The molecular weight excluding hydrogens is 416 g/mol. The summed E-state index contributed by atoms with van der Waals surface area (Å²) in [5, 5.41) is 0.780. The highest BCUT2D eigenvalue weighted by Gasteiger charge is 2.58. The van der Waals surface area contributed by atoms with Gasteiger partial charge in [-0.2, -0.15) is 0 Å². The summed E-state index contributed by atoms with van der Waals surface area (Å²) in [6.45, 7) is 38.5. The lowest BCUT2D eigenvalue weighted by Gasteiger charge is -2.63. The SMILES string of the molecule is C[Si](C)(C)N=P1(N([Si](C)(C)C)[Si](C)(C)C)C([Si](C)(C)C)=CC1[Si](C)(C)C.